The molecule has 1 heterocycles. The predicted octanol–water partition coefficient (Wildman–Crippen LogP) is 0.885. The van der Waals surface area contributed by atoms with E-state index in [-0.39, 0.29) is 24.5 Å². The first-order valence-corrected chi connectivity index (χ1v) is 6.09. The van der Waals surface area contributed by atoms with Crippen molar-refractivity contribution in [2.24, 2.45) is 5.73 Å². The molecule has 9 nitrogen and oxygen atoms in total. The summed E-state index contributed by atoms with van der Waals surface area (Å²) < 4.78 is 5.08. The van der Waals surface area contributed by atoms with E-state index >= 15 is 0 Å². The lowest BCUT2D eigenvalue weighted by molar-refractivity contribution is -0.385. The summed E-state index contributed by atoms with van der Waals surface area (Å²) in [4.78, 5) is 21.8. The van der Waals surface area contributed by atoms with Crippen LogP contribution >= 0.6 is 0 Å². The van der Waals surface area contributed by atoms with Crippen molar-refractivity contribution in [1.82, 2.24) is 15.5 Å². The third kappa shape index (κ3) is 4.50. The van der Waals surface area contributed by atoms with E-state index in [4.69, 9.17) is 10.5 Å². The van der Waals surface area contributed by atoms with Crippen LogP contribution in [0.15, 0.2) is 6.20 Å². The number of nitrogens with two attached hydrogens (primary N) is 1. The Kier molecular flexibility index (Phi) is 5.03. The predicted molar refractivity (Wildman–Crippen MR) is 71.3 cm³/mol. The molecule has 1 rings (SSSR count). The number of nitrogens with one attached hydrogen (secondary N) is 2. The first kappa shape index (κ1) is 15.9. The summed E-state index contributed by atoms with van der Waals surface area (Å²) in [5, 5.41) is 19.5. The lowest BCUT2D eigenvalue weighted by atomic mass is 10.1. The van der Waals surface area contributed by atoms with E-state index in [2.05, 4.69) is 15.5 Å². The zero-order chi connectivity index (χ0) is 15.3. The van der Waals surface area contributed by atoms with Crippen molar-refractivity contribution in [3.8, 4) is 0 Å². The van der Waals surface area contributed by atoms with Crippen molar-refractivity contribution < 1.29 is 14.5 Å². The number of carbonyl (C=O) groups is 1. The molecule has 0 aliphatic rings. The molecule has 1 atom stereocenters. The topological polar surface area (TPSA) is 136 Å². The van der Waals surface area contributed by atoms with Gasteiger partial charge in [0.1, 0.15) is 17.5 Å². The number of nitrogens with zero attached hydrogens (tertiary/aromatic N) is 2. The fraction of sp³-hybridized carbons (Fsp3) is 0.636. The Morgan fingerprint density at radius 1 is 1.65 bits per heavy atom. The Balaban J connectivity index is 2.66. The van der Waals surface area contributed by atoms with Gasteiger partial charge in [0.05, 0.1) is 4.92 Å². The maximum atomic E-state index is 11.5. The van der Waals surface area contributed by atoms with Crippen molar-refractivity contribution in [2.45, 2.75) is 32.3 Å². The quantitative estimate of drug-likeness (QED) is 0.542. The van der Waals surface area contributed by atoms with Crippen LogP contribution in [-0.4, -0.2) is 39.9 Å². The smallest absolute Gasteiger partial charge is 0.407 e. The van der Waals surface area contributed by atoms with Crippen LogP contribution in [-0.2, 0) is 4.74 Å². The number of carbonyl (C=O) groups excluding carboxylic acids is 1. The van der Waals surface area contributed by atoms with E-state index < -0.39 is 22.5 Å². The number of hydrogen-bond acceptors (Lipinski definition) is 6. The summed E-state index contributed by atoms with van der Waals surface area (Å²) in [5.41, 5.74) is 5.11. The van der Waals surface area contributed by atoms with Crippen molar-refractivity contribution in [3.63, 3.8) is 0 Å². The van der Waals surface area contributed by atoms with Gasteiger partial charge in [-0.3, -0.25) is 15.2 Å². The highest BCUT2D eigenvalue weighted by atomic mass is 16.6. The third-order valence-corrected chi connectivity index (χ3v) is 2.43. The van der Waals surface area contributed by atoms with Gasteiger partial charge in [0.25, 0.3) is 0 Å². The average Bonchev–Trinajstić information content (AvgIpc) is 2.76. The Morgan fingerprint density at radius 2 is 2.30 bits per heavy atom. The monoisotopic (exact) mass is 285 g/mol. The first-order chi connectivity index (χ1) is 9.24. The molecular weight excluding hydrogens is 266 g/mol. The number of rotatable bonds is 5. The maximum Gasteiger partial charge on any atom is 0.407 e. The van der Waals surface area contributed by atoms with Gasteiger partial charge in [0.2, 0.25) is 0 Å². The molecule has 0 aliphatic heterocycles. The van der Waals surface area contributed by atoms with E-state index in [0.717, 1.165) is 6.20 Å². The van der Waals surface area contributed by atoms with Gasteiger partial charge in [-0.1, -0.05) is 0 Å². The fourth-order valence-electron chi connectivity index (χ4n) is 1.56. The number of amides is 1. The Morgan fingerprint density at radius 3 is 2.80 bits per heavy atom. The summed E-state index contributed by atoms with van der Waals surface area (Å²) in [7, 11) is 0. The molecule has 0 saturated carbocycles. The lowest BCUT2D eigenvalue weighted by Crippen LogP contribution is -2.36. The molecule has 0 saturated heterocycles. The van der Waals surface area contributed by atoms with Crippen LogP contribution in [0.1, 0.15) is 32.4 Å². The zero-order valence-electron chi connectivity index (χ0n) is 11.7. The van der Waals surface area contributed by atoms with Crippen LogP contribution in [0.25, 0.3) is 0 Å². The molecule has 0 spiro atoms. The van der Waals surface area contributed by atoms with Crippen LogP contribution in [0.3, 0.4) is 0 Å². The van der Waals surface area contributed by atoms with Crippen LogP contribution in [0.5, 0.6) is 0 Å². The van der Waals surface area contributed by atoms with Gasteiger partial charge in [0.15, 0.2) is 0 Å². The number of nitro groups is 1. The molecule has 1 aromatic rings. The van der Waals surface area contributed by atoms with Gasteiger partial charge >= 0.3 is 11.8 Å². The van der Waals surface area contributed by atoms with Crippen LogP contribution in [0.4, 0.5) is 10.5 Å². The van der Waals surface area contributed by atoms with Gasteiger partial charge in [0, 0.05) is 19.0 Å². The van der Waals surface area contributed by atoms with Gasteiger partial charge in [-0.2, -0.15) is 5.10 Å². The highest BCUT2D eigenvalue weighted by molar-refractivity contribution is 5.67. The molecule has 9 heteroatoms. The minimum atomic E-state index is -0.609. The van der Waals surface area contributed by atoms with E-state index in [1.54, 1.807) is 20.8 Å². The Labute approximate surface area is 116 Å². The molecule has 0 fully saturated rings. The van der Waals surface area contributed by atoms with Crippen LogP contribution in [0, 0.1) is 10.1 Å². The highest BCUT2D eigenvalue weighted by Crippen LogP contribution is 2.22. The minimum Gasteiger partial charge on any atom is -0.444 e. The molecule has 20 heavy (non-hydrogen) atoms. The second-order valence-electron chi connectivity index (χ2n) is 5.24. The van der Waals surface area contributed by atoms with E-state index in [0.29, 0.717) is 0 Å². The first-order valence-electron chi connectivity index (χ1n) is 6.09. The Hall–Kier alpha value is -2.16. The Bertz CT molecular complexity index is 479. The van der Waals surface area contributed by atoms with Gasteiger partial charge in [-0.15, -0.1) is 0 Å². The van der Waals surface area contributed by atoms with Crippen molar-refractivity contribution in [3.05, 3.63) is 22.0 Å². The zero-order valence-corrected chi connectivity index (χ0v) is 11.7. The normalized spacial score (nSPS) is 12.8. The lowest BCUT2D eigenvalue weighted by Gasteiger charge is -2.21. The molecule has 1 unspecified atom stereocenters. The highest BCUT2D eigenvalue weighted by Gasteiger charge is 2.25. The second kappa shape index (κ2) is 6.33. The molecule has 0 bridgehead atoms. The number of H-pyrrole nitrogens is 1. The van der Waals surface area contributed by atoms with Crippen LogP contribution in [0.2, 0.25) is 0 Å². The number of hydrogen-bond donors (Lipinski definition) is 3. The molecule has 112 valence electrons. The molecule has 1 aromatic heterocycles. The molecule has 0 aromatic carbocycles. The fourth-order valence-corrected chi connectivity index (χ4v) is 1.56. The van der Waals surface area contributed by atoms with Crippen molar-refractivity contribution in [1.29, 1.82) is 0 Å². The largest absolute Gasteiger partial charge is 0.444 e. The van der Waals surface area contributed by atoms with E-state index in [1.807, 2.05) is 0 Å². The summed E-state index contributed by atoms with van der Waals surface area (Å²) >= 11 is 0. The molecular formula is C11H19N5O4. The number of ether oxygens (including phenoxy) is 1. The number of aromatic nitrogens is 2. The summed E-state index contributed by atoms with van der Waals surface area (Å²) in [5.74, 6) is -0.439. The minimum absolute atomic E-state index is 0.119. The third-order valence-electron chi connectivity index (χ3n) is 2.43. The SMILES string of the molecule is CC(C)(C)OC(=O)NCC(CN)c1[nH]ncc1[N+](=O)[O-]. The number of alkyl carbamates (subject to hydrolysis) is 1. The van der Waals surface area contributed by atoms with E-state index in [9.17, 15) is 14.9 Å². The summed E-state index contributed by atoms with van der Waals surface area (Å²) in [6, 6.07) is 0. The summed E-state index contributed by atoms with van der Waals surface area (Å²) in [6.07, 6.45) is 0.518. The molecule has 1 amide bonds. The van der Waals surface area contributed by atoms with Gasteiger partial charge in [-0.05, 0) is 20.8 Å². The van der Waals surface area contributed by atoms with Crippen molar-refractivity contribution in [2.75, 3.05) is 13.1 Å². The van der Waals surface area contributed by atoms with Gasteiger partial charge in [-0.25, -0.2) is 4.79 Å². The average molecular weight is 285 g/mol. The maximum absolute atomic E-state index is 11.5. The summed E-state index contributed by atoms with van der Waals surface area (Å²) in [6.45, 7) is 5.47. The van der Waals surface area contributed by atoms with Gasteiger partial charge < -0.3 is 15.8 Å². The van der Waals surface area contributed by atoms with Crippen LogP contribution < -0.4 is 11.1 Å². The van der Waals surface area contributed by atoms with E-state index in [1.165, 1.54) is 0 Å². The standard InChI is InChI=1S/C11H19N5O4/c1-11(2,3)20-10(17)13-5-7(4-12)9-8(16(18)19)6-14-15-9/h6-7H,4-5,12H2,1-3H3,(H,13,17)(H,14,15). The number of aromatic amines is 1. The molecule has 4 N–H and O–H groups in total. The molecule has 0 radical (unpaired) electrons. The van der Waals surface area contributed by atoms with Crippen molar-refractivity contribution >= 4 is 11.8 Å². The second-order valence-corrected chi connectivity index (χ2v) is 5.24. The molecule has 0 aliphatic carbocycles.